The highest BCUT2D eigenvalue weighted by molar-refractivity contribution is 5.91. The minimum absolute atomic E-state index is 0.556. The SMILES string of the molecule is [O-][n+]1ccccc1-c1n[nH]c2ccccc12. The van der Waals surface area contributed by atoms with E-state index in [9.17, 15) is 5.21 Å². The molecule has 0 aliphatic heterocycles. The average Bonchev–Trinajstić information content (AvgIpc) is 2.74. The molecule has 78 valence electrons. The van der Waals surface area contributed by atoms with Gasteiger partial charge in [-0.25, -0.2) is 0 Å². The zero-order valence-corrected chi connectivity index (χ0v) is 8.42. The first-order chi connectivity index (χ1) is 7.86. The summed E-state index contributed by atoms with van der Waals surface area (Å²) < 4.78 is 0.822. The van der Waals surface area contributed by atoms with E-state index in [-0.39, 0.29) is 0 Å². The Bertz CT molecular complexity index is 645. The van der Waals surface area contributed by atoms with Crippen molar-refractivity contribution in [3.05, 3.63) is 53.9 Å². The van der Waals surface area contributed by atoms with Crippen molar-refractivity contribution < 1.29 is 4.73 Å². The molecule has 0 amide bonds. The molecule has 3 aromatic rings. The molecule has 0 aliphatic rings. The number of benzene rings is 1. The first-order valence-corrected chi connectivity index (χ1v) is 4.98. The summed E-state index contributed by atoms with van der Waals surface area (Å²) >= 11 is 0. The molecule has 0 bridgehead atoms. The molecule has 4 heteroatoms. The van der Waals surface area contributed by atoms with Crippen LogP contribution in [-0.4, -0.2) is 10.2 Å². The number of pyridine rings is 1. The van der Waals surface area contributed by atoms with Crippen molar-refractivity contribution in [2.45, 2.75) is 0 Å². The van der Waals surface area contributed by atoms with Gasteiger partial charge >= 0.3 is 0 Å². The van der Waals surface area contributed by atoms with Gasteiger partial charge in [-0.05, 0) is 12.1 Å². The fraction of sp³-hybridized carbons (Fsp3) is 0. The third-order valence-corrected chi connectivity index (χ3v) is 2.54. The lowest BCUT2D eigenvalue weighted by Crippen LogP contribution is -2.28. The summed E-state index contributed by atoms with van der Waals surface area (Å²) in [5.41, 5.74) is 2.17. The van der Waals surface area contributed by atoms with Crippen molar-refractivity contribution in [2.24, 2.45) is 0 Å². The number of nitrogens with one attached hydrogen (secondary N) is 1. The van der Waals surface area contributed by atoms with E-state index in [1.54, 1.807) is 12.1 Å². The molecular weight excluding hydrogens is 202 g/mol. The predicted octanol–water partition coefficient (Wildman–Crippen LogP) is 1.86. The van der Waals surface area contributed by atoms with E-state index >= 15 is 0 Å². The Morgan fingerprint density at radius 2 is 1.88 bits per heavy atom. The molecule has 0 fully saturated rings. The molecule has 0 saturated carbocycles. The van der Waals surface area contributed by atoms with Gasteiger partial charge in [0, 0.05) is 17.5 Å². The van der Waals surface area contributed by atoms with Crippen LogP contribution in [-0.2, 0) is 0 Å². The number of hydrogen-bond acceptors (Lipinski definition) is 2. The molecule has 4 nitrogen and oxygen atoms in total. The summed E-state index contributed by atoms with van der Waals surface area (Å²) in [5, 5.41) is 19.7. The van der Waals surface area contributed by atoms with Crippen LogP contribution in [0.15, 0.2) is 48.7 Å². The molecule has 0 atom stereocenters. The summed E-state index contributed by atoms with van der Waals surface area (Å²) in [6.07, 6.45) is 1.47. The van der Waals surface area contributed by atoms with Crippen LogP contribution in [0.1, 0.15) is 0 Å². The monoisotopic (exact) mass is 211 g/mol. The molecule has 2 aromatic heterocycles. The van der Waals surface area contributed by atoms with E-state index in [1.807, 2.05) is 30.3 Å². The van der Waals surface area contributed by atoms with Crippen LogP contribution in [0.4, 0.5) is 0 Å². The Hall–Kier alpha value is -2.36. The molecular formula is C12H9N3O. The van der Waals surface area contributed by atoms with Crippen molar-refractivity contribution in [3.8, 4) is 11.4 Å². The maximum atomic E-state index is 11.6. The fourth-order valence-electron chi connectivity index (χ4n) is 1.77. The molecule has 0 radical (unpaired) electrons. The zero-order valence-electron chi connectivity index (χ0n) is 8.42. The molecule has 0 aliphatic carbocycles. The van der Waals surface area contributed by atoms with Gasteiger partial charge in [-0.2, -0.15) is 9.83 Å². The second kappa shape index (κ2) is 3.34. The first kappa shape index (κ1) is 8.91. The molecule has 16 heavy (non-hydrogen) atoms. The third kappa shape index (κ3) is 1.24. The van der Waals surface area contributed by atoms with Crippen LogP contribution in [0.3, 0.4) is 0 Å². The van der Waals surface area contributed by atoms with E-state index < -0.39 is 0 Å². The van der Waals surface area contributed by atoms with Gasteiger partial charge in [0.1, 0.15) is 0 Å². The number of hydrogen-bond donors (Lipinski definition) is 1. The summed E-state index contributed by atoms with van der Waals surface area (Å²) in [5.74, 6) is 0. The highest BCUT2D eigenvalue weighted by Crippen LogP contribution is 2.22. The van der Waals surface area contributed by atoms with Crippen molar-refractivity contribution in [1.29, 1.82) is 0 Å². The van der Waals surface area contributed by atoms with Gasteiger partial charge in [-0.15, -0.1) is 0 Å². The zero-order chi connectivity index (χ0) is 11.0. The van der Waals surface area contributed by atoms with E-state index in [2.05, 4.69) is 10.2 Å². The first-order valence-electron chi connectivity index (χ1n) is 4.98. The Kier molecular flexibility index (Phi) is 1.86. The van der Waals surface area contributed by atoms with E-state index in [1.165, 1.54) is 6.20 Å². The summed E-state index contributed by atoms with van der Waals surface area (Å²) in [6.45, 7) is 0. The minimum atomic E-state index is 0.556. The highest BCUT2D eigenvalue weighted by atomic mass is 16.5. The highest BCUT2D eigenvalue weighted by Gasteiger charge is 2.14. The average molecular weight is 211 g/mol. The fourth-order valence-corrected chi connectivity index (χ4v) is 1.77. The largest absolute Gasteiger partial charge is 0.618 e. The van der Waals surface area contributed by atoms with E-state index in [0.29, 0.717) is 11.4 Å². The molecule has 2 heterocycles. The van der Waals surface area contributed by atoms with Crippen LogP contribution in [0.5, 0.6) is 0 Å². The second-order valence-electron chi connectivity index (χ2n) is 3.53. The number of aromatic nitrogens is 3. The van der Waals surface area contributed by atoms with Crippen LogP contribution in [0.25, 0.3) is 22.3 Å². The molecule has 1 N–H and O–H groups in total. The van der Waals surface area contributed by atoms with Crippen molar-refractivity contribution in [1.82, 2.24) is 10.2 Å². The standard InChI is InChI=1S/C12H9N3O/c16-15-8-4-3-7-11(15)12-9-5-1-2-6-10(9)13-14-12/h1-8H,(H,13,14). The molecule has 0 saturated heterocycles. The third-order valence-electron chi connectivity index (χ3n) is 2.54. The second-order valence-corrected chi connectivity index (χ2v) is 3.53. The number of rotatable bonds is 1. The van der Waals surface area contributed by atoms with Crippen LogP contribution < -0.4 is 4.73 Å². The van der Waals surface area contributed by atoms with Crippen LogP contribution in [0, 0.1) is 5.21 Å². The lowest BCUT2D eigenvalue weighted by Gasteiger charge is -2.00. The Balaban J connectivity index is 2.31. The quantitative estimate of drug-likeness (QED) is 0.493. The van der Waals surface area contributed by atoms with Gasteiger partial charge in [0.25, 0.3) is 0 Å². The van der Waals surface area contributed by atoms with Gasteiger partial charge in [-0.3, -0.25) is 5.10 Å². The molecule has 0 unspecified atom stereocenters. The van der Waals surface area contributed by atoms with Crippen molar-refractivity contribution in [3.63, 3.8) is 0 Å². The minimum Gasteiger partial charge on any atom is -0.618 e. The number of aromatic amines is 1. The summed E-state index contributed by atoms with van der Waals surface area (Å²) in [4.78, 5) is 0. The summed E-state index contributed by atoms with van der Waals surface area (Å²) in [7, 11) is 0. The van der Waals surface area contributed by atoms with Gasteiger partial charge in [-0.1, -0.05) is 18.2 Å². The van der Waals surface area contributed by atoms with Crippen LogP contribution >= 0.6 is 0 Å². The van der Waals surface area contributed by atoms with Gasteiger partial charge in [0.05, 0.1) is 5.52 Å². The number of para-hydroxylation sites is 1. The Morgan fingerprint density at radius 1 is 1.06 bits per heavy atom. The topological polar surface area (TPSA) is 55.6 Å². The maximum absolute atomic E-state index is 11.6. The lowest BCUT2D eigenvalue weighted by molar-refractivity contribution is -0.593. The van der Waals surface area contributed by atoms with E-state index in [0.717, 1.165) is 15.6 Å². The van der Waals surface area contributed by atoms with E-state index in [4.69, 9.17) is 0 Å². The number of H-pyrrole nitrogens is 1. The molecule has 1 aromatic carbocycles. The van der Waals surface area contributed by atoms with Crippen LogP contribution in [0.2, 0.25) is 0 Å². The van der Waals surface area contributed by atoms with Gasteiger partial charge in [0.15, 0.2) is 11.9 Å². The normalized spacial score (nSPS) is 10.8. The number of nitrogens with zero attached hydrogens (tertiary/aromatic N) is 2. The Morgan fingerprint density at radius 3 is 2.75 bits per heavy atom. The molecule has 0 spiro atoms. The predicted molar refractivity (Wildman–Crippen MR) is 60.5 cm³/mol. The molecule has 3 rings (SSSR count). The smallest absolute Gasteiger partial charge is 0.244 e. The lowest BCUT2D eigenvalue weighted by atomic mass is 10.1. The van der Waals surface area contributed by atoms with Crippen molar-refractivity contribution in [2.75, 3.05) is 0 Å². The Labute approximate surface area is 91.7 Å². The number of fused-ring (bicyclic) bond motifs is 1. The van der Waals surface area contributed by atoms with Gasteiger partial charge < -0.3 is 5.21 Å². The summed E-state index contributed by atoms with van der Waals surface area (Å²) in [6, 6.07) is 13.0. The van der Waals surface area contributed by atoms with Crippen molar-refractivity contribution >= 4 is 10.9 Å². The van der Waals surface area contributed by atoms with Gasteiger partial charge in [0.2, 0.25) is 5.69 Å². The maximum Gasteiger partial charge on any atom is 0.244 e.